The van der Waals surface area contributed by atoms with Gasteiger partial charge in [0.15, 0.2) is 12.3 Å². The van der Waals surface area contributed by atoms with Crippen molar-refractivity contribution in [2.24, 2.45) is 0 Å². The van der Waals surface area contributed by atoms with E-state index >= 15 is 0 Å². The first-order valence-electron chi connectivity index (χ1n) is 11.1. The van der Waals surface area contributed by atoms with Gasteiger partial charge < -0.3 is 20.7 Å². The number of hydrogen-bond donors (Lipinski definition) is 3. The minimum atomic E-state index is -0.826. The van der Waals surface area contributed by atoms with Crippen LogP contribution in [0.2, 0.25) is 5.02 Å². The Morgan fingerprint density at radius 3 is 2.80 bits per heavy atom. The zero-order valence-corrected chi connectivity index (χ0v) is 19.8. The number of amides is 2. The number of fused-ring (bicyclic) bond motifs is 1. The first-order chi connectivity index (χ1) is 16.9. The van der Waals surface area contributed by atoms with Crippen molar-refractivity contribution >= 4 is 41.0 Å². The first kappa shape index (κ1) is 24.2. The molecule has 2 aromatic carbocycles. The SMILES string of the molecule is CC(NC(=O)COC(=O)c1nc(NCCc2ccccc2)ncc1Cl)c1ccc2c(c1)CC(=O)N2. The van der Waals surface area contributed by atoms with Gasteiger partial charge in [0.2, 0.25) is 11.9 Å². The number of nitrogens with zero attached hydrogens (tertiary/aromatic N) is 2. The minimum absolute atomic E-state index is 0.0266. The summed E-state index contributed by atoms with van der Waals surface area (Å²) in [6, 6.07) is 15.1. The number of carbonyl (C=O) groups is 3. The molecule has 0 saturated heterocycles. The van der Waals surface area contributed by atoms with Crippen molar-refractivity contribution in [2.45, 2.75) is 25.8 Å². The summed E-state index contributed by atoms with van der Waals surface area (Å²) in [4.78, 5) is 44.6. The molecule has 0 radical (unpaired) electrons. The van der Waals surface area contributed by atoms with Crippen LogP contribution in [0.3, 0.4) is 0 Å². The fourth-order valence-corrected chi connectivity index (χ4v) is 3.81. The van der Waals surface area contributed by atoms with Gasteiger partial charge in [-0.1, -0.05) is 54.1 Å². The van der Waals surface area contributed by atoms with Crippen LogP contribution in [-0.4, -0.2) is 40.9 Å². The third-order valence-corrected chi connectivity index (χ3v) is 5.72. The topological polar surface area (TPSA) is 122 Å². The van der Waals surface area contributed by atoms with E-state index in [9.17, 15) is 14.4 Å². The van der Waals surface area contributed by atoms with E-state index in [4.69, 9.17) is 16.3 Å². The van der Waals surface area contributed by atoms with E-state index in [1.54, 1.807) is 13.0 Å². The molecule has 0 aliphatic carbocycles. The van der Waals surface area contributed by atoms with E-state index in [2.05, 4.69) is 25.9 Å². The molecule has 1 aliphatic rings. The van der Waals surface area contributed by atoms with Crippen molar-refractivity contribution in [1.29, 1.82) is 0 Å². The number of hydrogen-bond acceptors (Lipinski definition) is 7. The van der Waals surface area contributed by atoms with E-state index in [1.165, 1.54) is 6.20 Å². The standard InChI is InChI=1S/C25H24ClN5O4/c1-15(17-7-8-20-18(11-17)12-21(32)30-20)29-22(33)14-35-24(34)23-19(26)13-28-25(31-23)27-10-9-16-5-3-2-4-6-16/h2-8,11,13,15H,9-10,12,14H2,1H3,(H,29,33)(H,30,32)(H,27,28,31). The van der Waals surface area contributed by atoms with Crippen molar-refractivity contribution in [3.63, 3.8) is 0 Å². The van der Waals surface area contributed by atoms with Gasteiger partial charge in [-0.15, -0.1) is 0 Å². The van der Waals surface area contributed by atoms with Gasteiger partial charge in [-0.2, -0.15) is 0 Å². The van der Waals surface area contributed by atoms with E-state index in [1.807, 2.05) is 42.5 Å². The van der Waals surface area contributed by atoms with Crippen LogP contribution in [-0.2, 0) is 27.2 Å². The van der Waals surface area contributed by atoms with Crippen LogP contribution < -0.4 is 16.0 Å². The lowest BCUT2D eigenvalue weighted by Crippen LogP contribution is -2.31. The van der Waals surface area contributed by atoms with Gasteiger partial charge in [0.1, 0.15) is 0 Å². The molecule has 0 fully saturated rings. The zero-order valence-electron chi connectivity index (χ0n) is 19.0. The molecule has 1 aromatic heterocycles. The largest absolute Gasteiger partial charge is 0.451 e. The van der Waals surface area contributed by atoms with Crippen molar-refractivity contribution in [3.05, 3.63) is 82.1 Å². The van der Waals surface area contributed by atoms with Gasteiger partial charge in [0.05, 0.1) is 23.7 Å². The molecule has 10 heteroatoms. The summed E-state index contributed by atoms with van der Waals surface area (Å²) >= 11 is 6.07. The Kier molecular flexibility index (Phi) is 7.57. The Morgan fingerprint density at radius 1 is 1.20 bits per heavy atom. The van der Waals surface area contributed by atoms with Crippen molar-refractivity contribution < 1.29 is 19.1 Å². The van der Waals surface area contributed by atoms with Gasteiger partial charge in [-0.3, -0.25) is 9.59 Å². The molecule has 0 saturated carbocycles. The fraction of sp³-hybridized carbons (Fsp3) is 0.240. The van der Waals surface area contributed by atoms with Crippen LogP contribution in [0.5, 0.6) is 0 Å². The molecule has 0 bridgehead atoms. The van der Waals surface area contributed by atoms with Gasteiger partial charge in [0.25, 0.3) is 5.91 Å². The Morgan fingerprint density at radius 2 is 2.00 bits per heavy atom. The second-order valence-electron chi connectivity index (χ2n) is 8.06. The molecule has 0 spiro atoms. The minimum Gasteiger partial charge on any atom is -0.451 e. The third kappa shape index (κ3) is 6.33. The van der Waals surface area contributed by atoms with Gasteiger partial charge >= 0.3 is 5.97 Å². The lowest BCUT2D eigenvalue weighted by atomic mass is 10.0. The van der Waals surface area contributed by atoms with Crippen molar-refractivity contribution in [1.82, 2.24) is 15.3 Å². The normalized spacial score (nSPS) is 12.9. The summed E-state index contributed by atoms with van der Waals surface area (Å²) < 4.78 is 5.12. The van der Waals surface area contributed by atoms with Crippen LogP contribution >= 0.6 is 11.6 Å². The lowest BCUT2D eigenvalue weighted by Gasteiger charge is -2.15. The van der Waals surface area contributed by atoms with E-state index in [-0.39, 0.29) is 28.6 Å². The number of esters is 1. The van der Waals surface area contributed by atoms with Crippen LogP contribution in [0.25, 0.3) is 0 Å². The molecular formula is C25H24ClN5O4. The van der Waals surface area contributed by atoms with Gasteiger partial charge in [-0.25, -0.2) is 14.8 Å². The predicted octanol–water partition coefficient (Wildman–Crippen LogP) is 3.31. The summed E-state index contributed by atoms with van der Waals surface area (Å²) in [6.07, 6.45) is 2.37. The second kappa shape index (κ2) is 11.0. The highest BCUT2D eigenvalue weighted by atomic mass is 35.5. The quantitative estimate of drug-likeness (QED) is 0.391. The summed E-state index contributed by atoms with van der Waals surface area (Å²) in [7, 11) is 0. The number of nitrogens with one attached hydrogen (secondary N) is 3. The van der Waals surface area contributed by atoms with Crippen molar-refractivity contribution in [3.8, 4) is 0 Å². The third-order valence-electron chi connectivity index (χ3n) is 5.44. The van der Waals surface area contributed by atoms with Crippen LogP contribution in [0.15, 0.2) is 54.7 Å². The molecule has 1 aliphatic heterocycles. The average Bonchev–Trinajstić information content (AvgIpc) is 3.23. The number of ether oxygens (including phenoxy) is 1. The molecular weight excluding hydrogens is 470 g/mol. The molecule has 4 rings (SSSR count). The molecule has 2 amide bonds. The Balaban J connectivity index is 1.28. The summed E-state index contributed by atoms with van der Waals surface area (Å²) in [6.45, 7) is 1.87. The van der Waals surface area contributed by atoms with E-state index < -0.39 is 18.5 Å². The maximum absolute atomic E-state index is 12.5. The summed E-state index contributed by atoms with van der Waals surface area (Å²) in [5, 5.41) is 8.62. The smallest absolute Gasteiger partial charge is 0.359 e. The maximum Gasteiger partial charge on any atom is 0.359 e. The monoisotopic (exact) mass is 493 g/mol. The number of anilines is 2. The molecule has 3 aromatic rings. The maximum atomic E-state index is 12.5. The summed E-state index contributed by atoms with van der Waals surface area (Å²) in [5.41, 5.74) is 3.53. The predicted molar refractivity (Wildman–Crippen MR) is 131 cm³/mol. The van der Waals surface area contributed by atoms with Gasteiger partial charge in [-0.05, 0) is 36.1 Å². The van der Waals surface area contributed by atoms with E-state index in [0.717, 1.165) is 28.8 Å². The Labute approximate surface area is 207 Å². The highest BCUT2D eigenvalue weighted by Gasteiger charge is 2.21. The number of aromatic nitrogens is 2. The molecule has 3 N–H and O–H groups in total. The Bertz CT molecular complexity index is 1250. The molecule has 2 heterocycles. The number of carbonyl (C=O) groups excluding carboxylic acids is 3. The first-order valence-corrected chi connectivity index (χ1v) is 11.5. The van der Waals surface area contributed by atoms with Crippen LogP contribution in [0, 0.1) is 0 Å². The number of rotatable bonds is 9. The van der Waals surface area contributed by atoms with Crippen LogP contribution in [0.1, 0.15) is 40.1 Å². The van der Waals surface area contributed by atoms with E-state index in [0.29, 0.717) is 13.0 Å². The lowest BCUT2D eigenvalue weighted by molar-refractivity contribution is -0.124. The average molecular weight is 494 g/mol. The highest BCUT2D eigenvalue weighted by Crippen LogP contribution is 2.26. The van der Waals surface area contributed by atoms with Crippen molar-refractivity contribution in [2.75, 3.05) is 23.8 Å². The number of halogens is 1. The molecule has 180 valence electrons. The molecule has 1 unspecified atom stereocenters. The van der Waals surface area contributed by atoms with Gasteiger partial charge in [0, 0.05) is 12.2 Å². The second-order valence-corrected chi connectivity index (χ2v) is 8.47. The zero-order chi connectivity index (χ0) is 24.8. The molecule has 9 nitrogen and oxygen atoms in total. The molecule has 35 heavy (non-hydrogen) atoms. The summed E-state index contributed by atoms with van der Waals surface area (Å²) in [5.74, 6) is -1.13. The fourth-order valence-electron chi connectivity index (χ4n) is 3.64. The Hall–Kier alpha value is -3.98. The molecule has 1 atom stereocenters. The highest BCUT2D eigenvalue weighted by molar-refractivity contribution is 6.33. The number of benzene rings is 2. The van der Waals surface area contributed by atoms with Crippen LogP contribution in [0.4, 0.5) is 11.6 Å².